The zero-order chi connectivity index (χ0) is 23.1. The molecule has 2 N–H and O–H groups in total. The van der Waals surface area contributed by atoms with Crippen molar-refractivity contribution in [2.24, 2.45) is 5.92 Å². The summed E-state index contributed by atoms with van der Waals surface area (Å²) in [5.74, 6) is -0.921. The fourth-order valence-corrected chi connectivity index (χ4v) is 4.30. The molecule has 0 unspecified atom stereocenters. The second-order valence-corrected chi connectivity index (χ2v) is 8.68. The van der Waals surface area contributed by atoms with Crippen molar-refractivity contribution in [2.45, 2.75) is 26.7 Å². The molecule has 2 aromatic rings. The lowest BCUT2D eigenvalue weighted by Gasteiger charge is -2.21. The quantitative estimate of drug-likeness (QED) is 0.449. The van der Waals surface area contributed by atoms with Gasteiger partial charge in [0, 0.05) is 38.4 Å². The molecule has 0 radical (unpaired) electrons. The molecular weight excluding hydrogens is 426 g/mol. The van der Waals surface area contributed by atoms with Gasteiger partial charge >= 0.3 is 5.97 Å². The van der Waals surface area contributed by atoms with Crippen LogP contribution in [0.25, 0.3) is 16.7 Å². The van der Waals surface area contributed by atoms with Crippen LogP contribution in [0.2, 0.25) is 0 Å². The highest BCUT2D eigenvalue weighted by molar-refractivity contribution is 7.08. The number of carbonyl (C=O) groups is 2. The number of thiophene rings is 1. The van der Waals surface area contributed by atoms with E-state index in [4.69, 9.17) is 9.47 Å². The zero-order valence-corrected chi connectivity index (χ0v) is 19.5. The number of carboxylic acids is 1. The molecule has 1 aromatic carbocycles. The predicted molar refractivity (Wildman–Crippen MR) is 127 cm³/mol. The number of allylic oxidation sites excluding steroid dienone is 2. The third-order valence-corrected chi connectivity index (χ3v) is 5.97. The van der Waals surface area contributed by atoms with Crippen LogP contribution in [0.3, 0.4) is 0 Å². The highest BCUT2D eigenvalue weighted by Gasteiger charge is 2.22. The number of hydrogen-bond donors (Lipinski definition) is 2. The minimum absolute atomic E-state index is 0.0314. The second kappa shape index (κ2) is 11.1. The van der Waals surface area contributed by atoms with E-state index in [1.807, 2.05) is 25.3 Å². The monoisotopic (exact) mass is 455 g/mol. The number of benzene rings is 1. The Kier molecular flexibility index (Phi) is 8.25. The molecule has 1 aliphatic heterocycles. The van der Waals surface area contributed by atoms with Crippen LogP contribution < -0.4 is 10.1 Å². The molecule has 7 heteroatoms. The predicted octanol–water partition coefficient (Wildman–Crippen LogP) is 4.55. The van der Waals surface area contributed by atoms with Crippen LogP contribution >= 0.6 is 11.3 Å². The average molecular weight is 456 g/mol. The molecule has 0 spiro atoms. The molecule has 0 aliphatic carbocycles. The molecule has 0 saturated heterocycles. The first-order chi connectivity index (χ1) is 15.4. The first kappa shape index (κ1) is 23.8. The number of carboxylic acid groups (broad SMARTS) is 1. The molecule has 2 heterocycles. The van der Waals surface area contributed by atoms with Crippen molar-refractivity contribution in [1.82, 2.24) is 5.32 Å². The Balaban J connectivity index is 2.13. The number of ketones is 1. The van der Waals surface area contributed by atoms with Crippen molar-refractivity contribution in [3.05, 3.63) is 57.9 Å². The number of hydrogen-bond acceptors (Lipinski definition) is 6. The summed E-state index contributed by atoms with van der Waals surface area (Å²) >= 11 is 1.61. The van der Waals surface area contributed by atoms with E-state index >= 15 is 0 Å². The third kappa shape index (κ3) is 5.66. The maximum Gasteiger partial charge on any atom is 0.341 e. The van der Waals surface area contributed by atoms with Gasteiger partial charge in [0.15, 0.2) is 5.78 Å². The Bertz CT molecular complexity index is 1020. The molecule has 170 valence electrons. The van der Waals surface area contributed by atoms with Gasteiger partial charge in [-0.05, 0) is 69.6 Å². The van der Waals surface area contributed by atoms with E-state index < -0.39 is 11.8 Å². The number of fused-ring (bicyclic) bond motifs is 1. The molecule has 32 heavy (non-hydrogen) atoms. The largest absolute Gasteiger partial charge is 0.493 e. The highest BCUT2D eigenvalue weighted by Crippen LogP contribution is 2.38. The smallest absolute Gasteiger partial charge is 0.341 e. The van der Waals surface area contributed by atoms with Gasteiger partial charge in [-0.25, -0.2) is 4.79 Å². The van der Waals surface area contributed by atoms with E-state index in [1.54, 1.807) is 18.4 Å². The Morgan fingerprint density at radius 1 is 1.25 bits per heavy atom. The number of aliphatic carboxylic acids is 1. The van der Waals surface area contributed by atoms with Crippen LogP contribution in [0.1, 0.15) is 31.4 Å². The first-order valence-electron chi connectivity index (χ1n) is 10.7. The standard InChI is InChI=1S/C25H29NO5S/c1-16(2)19-13-23(27)22(25(28)29)14-26-7-5-17-11-24(31-9-4-8-30-3)21(12-20(17)19)18-6-10-32-15-18/h6,10-16,26H,4-5,7-9H2,1-3H3,(H,28,29)/b19-13+,22-14+. The number of nitrogens with one attached hydrogen (secondary N) is 1. The summed E-state index contributed by atoms with van der Waals surface area (Å²) < 4.78 is 11.3. The molecule has 0 amide bonds. The van der Waals surface area contributed by atoms with Crippen molar-refractivity contribution in [2.75, 3.05) is 26.9 Å². The second-order valence-electron chi connectivity index (χ2n) is 7.90. The number of rotatable bonds is 8. The fraction of sp³-hybridized carbons (Fsp3) is 0.360. The molecule has 0 atom stereocenters. The maximum absolute atomic E-state index is 12.8. The van der Waals surface area contributed by atoms with Crippen molar-refractivity contribution in [3.63, 3.8) is 0 Å². The van der Waals surface area contributed by atoms with Gasteiger partial charge < -0.3 is 19.9 Å². The number of ether oxygens (including phenoxy) is 2. The van der Waals surface area contributed by atoms with Crippen LogP contribution in [0, 0.1) is 5.92 Å². The van der Waals surface area contributed by atoms with Gasteiger partial charge in [0.25, 0.3) is 0 Å². The molecule has 1 aromatic heterocycles. The molecule has 0 fully saturated rings. The summed E-state index contributed by atoms with van der Waals surface area (Å²) in [6.45, 7) is 5.69. The van der Waals surface area contributed by atoms with E-state index in [9.17, 15) is 14.7 Å². The average Bonchev–Trinajstić information content (AvgIpc) is 3.29. The summed E-state index contributed by atoms with van der Waals surface area (Å²) in [4.78, 5) is 24.3. The first-order valence-corrected chi connectivity index (χ1v) is 11.6. The lowest BCUT2D eigenvalue weighted by atomic mass is 9.86. The van der Waals surface area contributed by atoms with Gasteiger partial charge in [-0.15, -0.1) is 0 Å². The van der Waals surface area contributed by atoms with Crippen LogP contribution in [0.4, 0.5) is 0 Å². The van der Waals surface area contributed by atoms with Gasteiger partial charge in [0.2, 0.25) is 0 Å². The van der Waals surface area contributed by atoms with Crippen molar-refractivity contribution >= 4 is 28.7 Å². The fourth-order valence-electron chi connectivity index (χ4n) is 3.64. The lowest BCUT2D eigenvalue weighted by molar-refractivity contribution is -0.134. The van der Waals surface area contributed by atoms with E-state index in [2.05, 4.69) is 22.8 Å². The number of methoxy groups -OCH3 is 1. The third-order valence-electron chi connectivity index (χ3n) is 5.29. The van der Waals surface area contributed by atoms with Crippen LogP contribution in [-0.2, 0) is 20.7 Å². The van der Waals surface area contributed by atoms with Crippen molar-refractivity contribution < 1.29 is 24.2 Å². The van der Waals surface area contributed by atoms with Gasteiger partial charge in [-0.1, -0.05) is 13.8 Å². The van der Waals surface area contributed by atoms with Crippen LogP contribution in [-0.4, -0.2) is 43.7 Å². The van der Waals surface area contributed by atoms with Crippen molar-refractivity contribution in [1.29, 1.82) is 0 Å². The molecule has 0 saturated carbocycles. The van der Waals surface area contributed by atoms with E-state index in [-0.39, 0.29) is 11.5 Å². The van der Waals surface area contributed by atoms with E-state index in [0.29, 0.717) is 26.2 Å². The summed E-state index contributed by atoms with van der Waals surface area (Å²) in [7, 11) is 1.67. The lowest BCUT2D eigenvalue weighted by Crippen LogP contribution is -2.20. The summed E-state index contributed by atoms with van der Waals surface area (Å²) in [6.07, 6.45) is 4.21. The van der Waals surface area contributed by atoms with Gasteiger partial charge in [0.05, 0.1) is 6.61 Å². The minimum Gasteiger partial charge on any atom is -0.493 e. The molecule has 0 bridgehead atoms. The highest BCUT2D eigenvalue weighted by atomic mass is 32.1. The Morgan fingerprint density at radius 2 is 2.06 bits per heavy atom. The van der Waals surface area contributed by atoms with Gasteiger partial charge in [-0.2, -0.15) is 11.3 Å². The van der Waals surface area contributed by atoms with Gasteiger partial charge in [-0.3, -0.25) is 4.79 Å². The molecule has 6 nitrogen and oxygen atoms in total. The Labute approximate surface area is 192 Å². The molecule has 3 rings (SSSR count). The maximum atomic E-state index is 12.8. The van der Waals surface area contributed by atoms with E-state index in [0.717, 1.165) is 40.0 Å². The Hall–Kier alpha value is -2.90. The Morgan fingerprint density at radius 3 is 2.72 bits per heavy atom. The van der Waals surface area contributed by atoms with Crippen LogP contribution in [0.15, 0.2) is 46.8 Å². The number of carbonyl (C=O) groups excluding carboxylic acids is 1. The summed E-state index contributed by atoms with van der Waals surface area (Å²) in [5, 5.41) is 16.5. The SMILES string of the molecule is COCCCOc1cc2c(cc1-c1ccsc1)/C(C(C)C)=C/C(=O)/C(C(=O)O)=C\NCC2. The van der Waals surface area contributed by atoms with E-state index in [1.165, 1.54) is 12.3 Å². The molecular formula is C25H29NO5S. The van der Waals surface area contributed by atoms with Gasteiger partial charge in [0.1, 0.15) is 11.3 Å². The minimum atomic E-state index is -1.23. The topological polar surface area (TPSA) is 84.9 Å². The summed E-state index contributed by atoms with van der Waals surface area (Å²) in [6, 6.07) is 6.18. The normalized spacial score (nSPS) is 17.6. The zero-order valence-electron chi connectivity index (χ0n) is 18.6. The van der Waals surface area contributed by atoms with Crippen molar-refractivity contribution in [3.8, 4) is 16.9 Å². The summed E-state index contributed by atoms with van der Waals surface area (Å²) in [5.41, 5.74) is 4.57. The van der Waals surface area contributed by atoms with Crippen LogP contribution in [0.5, 0.6) is 5.75 Å². The molecule has 1 aliphatic rings.